The molecule has 0 aliphatic carbocycles. The molecule has 2 aromatic heterocycles. The molecule has 0 atom stereocenters. The second kappa shape index (κ2) is 8.78. The van der Waals surface area contributed by atoms with Gasteiger partial charge in [0.2, 0.25) is 5.78 Å². The van der Waals surface area contributed by atoms with Crippen LogP contribution in [0.4, 0.5) is 0 Å². The van der Waals surface area contributed by atoms with Gasteiger partial charge < -0.3 is 4.90 Å². The molecule has 1 amide bonds. The summed E-state index contributed by atoms with van der Waals surface area (Å²) in [5.74, 6) is 1.38. The molecule has 3 heterocycles. The van der Waals surface area contributed by atoms with Crippen LogP contribution in [0, 0.1) is 0 Å². The molecule has 5 rings (SSSR count). The molecule has 8 heteroatoms. The van der Waals surface area contributed by atoms with E-state index in [-0.39, 0.29) is 11.5 Å². The normalized spacial score (nSPS) is 14.0. The van der Waals surface area contributed by atoms with Gasteiger partial charge in [-0.15, -0.1) is 10.2 Å². The van der Waals surface area contributed by atoms with Crippen molar-refractivity contribution in [2.24, 2.45) is 0 Å². The van der Waals surface area contributed by atoms with Crippen molar-refractivity contribution in [3.05, 3.63) is 70.0 Å². The number of aryl methyl sites for hydroxylation is 1. The van der Waals surface area contributed by atoms with E-state index in [2.05, 4.69) is 10.2 Å². The van der Waals surface area contributed by atoms with Gasteiger partial charge >= 0.3 is 0 Å². The molecule has 4 aromatic rings. The average molecular weight is 448 g/mol. The summed E-state index contributed by atoms with van der Waals surface area (Å²) in [5, 5.41) is 10.2. The summed E-state index contributed by atoms with van der Waals surface area (Å²) in [7, 11) is 0. The number of hydrogen-bond donors (Lipinski definition) is 0. The van der Waals surface area contributed by atoms with E-state index in [0.717, 1.165) is 54.2 Å². The molecule has 1 saturated heterocycles. The number of aromatic nitrogens is 4. The third-order valence-corrected chi connectivity index (χ3v) is 6.89. The number of para-hydroxylation sites is 1. The fourth-order valence-electron chi connectivity index (χ4n) is 4.25. The lowest BCUT2D eigenvalue weighted by molar-refractivity contribution is 0.0793. The highest BCUT2D eigenvalue weighted by Gasteiger charge is 2.19. The standard InChI is InChI=1S/C24H25N5O2S/c1-2-13-28-22(31)19-7-3-4-8-20(19)29-23(28)25-26-24(29)32-16-17-9-11-18(12-10-17)21(30)27-14-5-6-15-27/h3-4,7-12H,2,5-6,13-16H2,1H3. The molecule has 7 nitrogen and oxygen atoms in total. The van der Waals surface area contributed by atoms with Crippen molar-refractivity contribution >= 4 is 34.3 Å². The maximum atomic E-state index is 12.9. The topological polar surface area (TPSA) is 72.5 Å². The molecular weight excluding hydrogens is 422 g/mol. The maximum Gasteiger partial charge on any atom is 0.262 e. The van der Waals surface area contributed by atoms with Crippen LogP contribution in [0.2, 0.25) is 0 Å². The van der Waals surface area contributed by atoms with Crippen LogP contribution < -0.4 is 5.56 Å². The largest absolute Gasteiger partial charge is 0.339 e. The monoisotopic (exact) mass is 447 g/mol. The molecule has 32 heavy (non-hydrogen) atoms. The molecule has 1 aliphatic rings. The van der Waals surface area contributed by atoms with Crippen molar-refractivity contribution in [2.45, 2.75) is 43.6 Å². The van der Waals surface area contributed by atoms with Crippen molar-refractivity contribution < 1.29 is 4.79 Å². The molecule has 1 fully saturated rings. The minimum atomic E-state index is -0.0304. The summed E-state index contributed by atoms with van der Waals surface area (Å²) in [6.07, 6.45) is 3.02. The number of fused-ring (bicyclic) bond motifs is 3. The fourth-order valence-corrected chi connectivity index (χ4v) is 5.14. The fraction of sp³-hybridized carbons (Fsp3) is 0.333. The smallest absolute Gasteiger partial charge is 0.262 e. The van der Waals surface area contributed by atoms with Gasteiger partial charge in [0.05, 0.1) is 10.9 Å². The Morgan fingerprint density at radius 2 is 1.78 bits per heavy atom. The second-order valence-electron chi connectivity index (χ2n) is 8.08. The van der Waals surface area contributed by atoms with Crippen LogP contribution in [0.5, 0.6) is 0 Å². The average Bonchev–Trinajstić information content (AvgIpc) is 3.51. The van der Waals surface area contributed by atoms with Gasteiger partial charge in [-0.3, -0.25) is 18.6 Å². The minimum absolute atomic E-state index is 0.0304. The van der Waals surface area contributed by atoms with E-state index in [0.29, 0.717) is 23.5 Å². The molecule has 0 N–H and O–H groups in total. The molecular formula is C24H25N5O2S. The summed E-state index contributed by atoms with van der Waals surface area (Å²) in [6, 6.07) is 15.4. The second-order valence-corrected chi connectivity index (χ2v) is 9.02. The van der Waals surface area contributed by atoms with Crippen molar-refractivity contribution in [1.82, 2.24) is 24.1 Å². The van der Waals surface area contributed by atoms with Crippen LogP contribution in [-0.2, 0) is 12.3 Å². The minimum Gasteiger partial charge on any atom is -0.339 e. The number of rotatable bonds is 6. The molecule has 0 spiro atoms. The van der Waals surface area contributed by atoms with Crippen LogP contribution in [-0.4, -0.2) is 43.1 Å². The highest BCUT2D eigenvalue weighted by molar-refractivity contribution is 7.98. The number of benzene rings is 2. The molecule has 2 aromatic carbocycles. The number of nitrogens with zero attached hydrogens (tertiary/aromatic N) is 5. The van der Waals surface area contributed by atoms with Gasteiger partial charge in [-0.25, -0.2) is 0 Å². The number of hydrogen-bond acceptors (Lipinski definition) is 5. The number of carbonyl (C=O) groups excluding carboxylic acids is 1. The third-order valence-electron chi connectivity index (χ3n) is 5.89. The molecule has 1 aliphatic heterocycles. The first-order valence-electron chi connectivity index (χ1n) is 11.0. The van der Waals surface area contributed by atoms with Gasteiger partial charge in [0.15, 0.2) is 5.16 Å². The van der Waals surface area contributed by atoms with E-state index in [1.807, 2.05) is 64.8 Å². The Kier molecular flexibility index (Phi) is 5.70. The van der Waals surface area contributed by atoms with Gasteiger partial charge in [0.1, 0.15) is 0 Å². The van der Waals surface area contributed by atoms with E-state index >= 15 is 0 Å². The Morgan fingerprint density at radius 3 is 2.53 bits per heavy atom. The van der Waals surface area contributed by atoms with Crippen molar-refractivity contribution in [3.8, 4) is 0 Å². The van der Waals surface area contributed by atoms with E-state index in [1.165, 1.54) is 0 Å². The first kappa shape index (κ1) is 20.8. The van der Waals surface area contributed by atoms with Crippen molar-refractivity contribution in [1.29, 1.82) is 0 Å². The quantitative estimate of drug-likeness (QED) is 0.418. The Balaban J connectivity index is 1.42. The predicted molar refractivity (Wildman–Crippen MR) is 126 cm³/mol. The van der Waals surface area contributed by atoms with Crippen LogP contribution in [0.15, 0.2) is 58.5 Å². The van der Waals surface area contributed by atoms with E-state index < -0.39 is 0 Å². The lowest BCUT2D eigenvalue weighted by atomic mass is 10.1. The summed E-state index contributed by atoms with van der Waals surface area (Å²) >= 11 is 1.58. The molecule has 0 bridgehead atoms. The van der Waals surface area contributed by atoms with E-state index in [1.54, 1.807) is 16.3 Å². The third kappa shape index (κ3) is 3.68. The Morgan fingerprint density at radius 1 is 1.03 bits per heavy atom. The highest BCUT2D eigenvalue weighted by atomic mass is 32.2. The highest BCUT2D eigenvalue weighted by Crippen LogP contribution is 2.25. The zero-order valence-corrected chi connectivity index (χ0v) is 18.8. The lowest BCUT2D eigenvalue weighted by Crippen LogP contribution is -2.27. The van der Waals surface area contributed by atoms with Crippen molar-refractivity contribution in [3.63, 3.8) is 0 Å². The van der Waals surface area contributed by atoms with Crippen LogP contribution in [0.1, 0.15) is 42.1 Å². The van der Waals surface area contributed by atoms with Crippen molar-refractivity contribution in [2.75, 3.05) is 13.1 Å². The van der Waals surface area contributed by atoms with Crippen LogP contribution >= 0.6 is 11.8 Å². The SMILES string of the molecule is CCCn1c(=O)c2ccccc2n2c(SCc3ccc(C(=O)N4CCCC4)cc3)nnc12. The maximum absolute atomic E-state index is 12.9. The first-order chi connectivity index (χ1) is 15.7. The molecule has 164 valence electrons. The summed E-state index contributed by atoms with van der Waals surface area (Å²) < 4.78 is 3.68. The lowest BCUT2D eigenvalue weighted by Gasteiger charge is -2.15. The van der Waals surface area contributed by atoms with E-state index in [4.69, 9.17) is 0 Å². The molecule has 0 saturated carbocycles. The van der Waals surface area contributed by atoms with Gasteiger partial charge in [-0.1, -0.05) is 43.0 Å². The first-order valence-corrected chi connectivity index (χ1v) is 12.0. The number of amides is 1. The Bertz CT molecular complexity index is 1340. The van der Waals surface area contributed by atoms with Gasteiger partial charge in [0, 0.05) is 31.0 Å². The Labute approximate surface area is 190 Å². The Hall–Kier alpha value is -3.13. The number of carbonyl (C=O) groups is 1. The van der Waals surface area contributed by atoms with E-state index in [9.17, 15) is 9.59 Å². The van der Waals surface area contributed by atoms with Gasteiger partial charge in [-0.2, -0.15) is 0 Å². The van der Waals surface area contributed by atoms with Crippen LogP contribution in [0.3, 0.4) is 0 Å². The zero-order chi connectivity index (χ0) is 22.1. The van der Waals surface area contributed by atoms with Crippen LogP contribution in [0.25, 0.3) is 16.7 Å². The van der Waals surface area contributed by atoms with Gasteiger partial charge in [-0.05, 0) is 49.1 Å². The zero-order valence-electron chi connectivity index (χ0n) is 18.0. The summed E-state index contributed by atoms with van der Waals surface area (Å²) in [6.45, 7) is 4.35. The van der Waals surface area contributed by atoms with Gasteiger partial charge in [0.25, 0.3) is 11.5 Å². The predicted octanol–water partition coefficient (Wildman–Crippen LogP) is 3.98. The summed E-state index contributed by atoms with van der Waals surface area (Å²) in [4.78, 5) is 27.4. The number of likely N-dealkylation sites (tertiary alicyclic amines) is 1. The summed E-state index contributed by atoms with van der Waals surface area (Å²) in [5.41, 5.74) is 2.63. The molecule has 0 unspecified atom stereocenters. The number of thioether (sulfide) groups is 1. The molecule has 0 radical (unpaired) electrons.